The molecular weight excluding hydrogens is 138 g/mol. The van der Waals surface area contributed by atoms with Crippen molar-refractivity contribution in [3.63, 3.8) is 0 Å². The smallest absolute Gasteiger partial charge is 0.0639 e. The number of β-amino-alcohol motifs (C(OH)–C–C–N with tert-alkyl or cyclic N) is 1. The van der Waals surface area contributed by atoms with Gasteiger partial charge in [-0.05, 0) is 34.2 Å². The largest absolute Gasteiger partial charge is 0.392 e. The maximum Gasteiger partial charge on any atom is 0.0639 e. The number of aliphatic hydroxyl groups excluding tert-OH is 1. The summed E-state index contributed by atoms with van der Waals surface area (Å²) < 4.78 is 0. The summed E-state index contributed by atoms with van der Waals surface area (Å²) in [6.07, 6.45) is 0.877. The van der Waals surface area contributed by atoms with Crippen LogP contribution in [0.1, 0.15) is 34.1 Å². The Balaban J connectivity index is 3.90. The van der Waals surface area contributed by atoms with Gasteiger partial charge >= 0.3 is 0 Å². The molecular formula is C9H21NO. The summed E-state index contributed by atoms with van der Waals surface area (Å²) in [5.74, 6) is 0. The van der Waals surface area contributed by atoms with Crippen LogP contribution in [0.25, 0.3) is 0 Å². The number of hydrogen-bond donors (Lipinski definition) is 1. The lowest BCUT2D eigenvalue weighted by atomic mass is 10.00. The quantitative estimate of drug-likeness (QED) is 0.671. The first-order chi connectivity index (χ1) is 4.90. The van der Waals surface area contributed by atoms with Crippen molar-refractivity contribution in [3.8, 4) is 0 Å². The average molecular weight is 159 g/mol. The Morgan fingerprint density at radius 3 is 2.18 bits per heavy atom. The molecule has 68 valence electrons. The van der Waals surface area contributed by atoms with E-state index >= 15 is 0 Å². The monoisotopic (exact) mass is 159 g/mol. The minimum Gasteiger partial charge on any atom is -0.392 e. The molecule has 11 heavy (non-hydrogen) atoms. The van der Waals surface area contributed by atoms with Crippen molar-refractivity contribution in [1.82, 2.24) is 4.90 Å². The van der Waals surface area contributed by atoms with Gasteiger partial charge in [-0.25, -0.2) is 0 Å². The van der Waals surface area contributed by atoms with Crippen LogP contribution in [0.15, 0.2) is 0 Å². The molecule has 0 fully saturated rings. The first-order valence-electron chi connectivity index (χ1n) is 4.29. The molecule has 0 aromatic heterocycles. The van der Waals surface area contributed by atoms with Gasteiger partial charge in [-0.1, -0.05) is 6.92 Å². The molecule has 0 saturated heterocycles. The minimum absolute atomic E-state index is 0.205. The lowest BCUT2D eigenvalue weighted by Crippen LogP contribution is -2.43. The van der Waals surface area contributed by atoms with Crippen LogP contribution in [-0.4, -0.2) is 35.2 Å². The molecule has 0 amide bonds. The zero-order chi connectivity index (χ0) is 9.07. The Kier molecular flexibility index (Phi) is 4.04. The molecule has 1 unspecified atom stereocenters. The Labute approximate surface area is 70.2 Å². The van der Waals surface area contributed by atoms with Crippen LogP contribution in [0.2, 0.25) is 0 Å². The molecule has 0 bridgehead atoms. The zero-order valence-electron chi connectivity index (χ0n) is 8.39. The maximum atomic E-state index is 9.14. The Morgan fingerprint density at radius 2 is 1.91 bits per heavy atom. The van der Waals surface area contributed by atoms with Gasteiger partial charge in [0.15, 0.2) is 0 Å². The second-order valence-electron chi connectivity index (χ2n) is 3.90. The fraction of sp³-hybridized carbons (Fsp3) is 1.00. The van der Waals surface area contributed by atoms with E-state index in [2.05, 4.69) is 32.7 Å². The van der Waals surface area contributed by atoms with Crippen LogP contribution < -0.4 is 0 Å². The fourth-order valence-electron chi connectivity index (χ4n) is 0.913. The third kappa shape index (κ3) is 3.73. The summed E-state index contributed by atoms with van der Waals surface area (Å²) in [5, 5.41) is 9.14. The van der Waals surface area contributed by atoms with Gasteiger partial charge in [0.25, 0.3) is 0 Å². The predicted octanol–water partition coefficient (Wildman–Crippen LogP) is 1.49. The van der Waals surface area contributed by atoms with Crippen molar-refractivity contribution in [1.29, 1.82) is 0 Å². The summed E-state index contributed by atoms with van der Waals surface area (Å²) in [7, 11) is 2.05. The van der Waals surface area contributed by atoms with E-state index < -0.39 is 0 Å². The first kappa shape index (κ1) is 10.9. The topological polar surface area (TPSA) is 23.5 Å². The Morgan fingerprint density at radius 1 is 1.45 bits per heavy atom. The fourth-order valence-corrected chi connectivity index (χ4v) is 0.913. The molecule has 0 saturated carbocycles. The van der Waals surface area contributed by atoms with Crippen LogP contribution in [0.5, 0.6) is 0 Å². The van der Waals surface area contributed by atoms with Crippen molar-refractivity contribution in [2.45, 2.75) is 45.8 Å². The molecule has 2 heteroatoms. The summed E-state index contributed by atoms with van der Waals surface area (Å²) in [6, 6.07) is 0. The zero-order valence-corrected chi connectivity index (χ0v) is 8.39. The van der Waals surface area contributed by atoms with E-state index in [1.54, 1.807) is 0 Å². The van der Waals surface area contributed by atoms with Crippen molar-refractivity contribution in [2.24, 2.45) is 0 Å². The standard InChI is InChI=1S/C9H21NO/c1-6-9(3,4)10(5)7-8(2)11/h8,11H,6-7H2,1-5H3. The van der Waals surface area contributed by atoms with E-state index in [0.717, 1.165) is 13.0 Å². The van der Waals surface area contributed by atoms with E-state index in [1.807, 2.05) is 6.92 Å². The molecule has 0 radical (unpaired) electrons. The summed E-state index contributed by atoms with van der Waals surface area (Å²) in [5.41, 5.74) is 0.205. The molecule has 1 atom stereocenters. The van der Waals surface area contributed by atoms with Gasteiger partial charge in [0.1, 0.15) is 0 Å². The summed E-state index contributed by atoms with van der Waals surface area (Å²) in [4.78, 5) is 2.19. The number of rotatable bonds is 4. The number of hydrogen-bond acceptors (Lipinski definition) is 2. The molecule has 0 spiro atoms. The van der Waals surface area contributed by atoms with Crippen LogP contribution in [0, 0.1) is 0 Å². The molecule has 0 aromatic rings. The van der Waals surface area contributed by atoms with E-state index in [-0.39, 0.29) is 11.6 Å². The summed E-state index contributed by atoms with van der Waals surface area (Å²) >= 11 is 0. The number of likely N-dealkylation sites (N-methyl/N-ethyl adjacent to an activating group) is 1. The van der Waals surface area contributed by atoms with Crippen LogP contribution in [0.4, 0.5) is 0 Å². The van der Waals surface area contributed by atoms with Gasteiger partial charge in [-0.2, -0.15) is 0 Å². The van der Waals surface area contributed by atoms with Gasteiger partial charge in [-0.15, -0.1) is 0 Å². The molecule has 0 aromatic carbocycles. The Bertz CT molecular complexity index is 110. The normalized spacial score (nSPS) is 15.5. The van der Waals surface area contributed by atoms with Gasteiger partial charge in [0, 0.05) is 12.1 Å². The van der Waals surface area contributed by atoms with Crippen molar-refractivity contribution < 1.29 is 5.11 Å². The molecule has 0 aliphatic rings. The highest BCUT2D eigenvalue weighted by molar-refractivity contribution is 4.77. The van der Waals surface area contributed by atoms with Gasteiger partial charge < -0.3 is 5.11 Å². The maximum absolute atomic E-state index is 9.14. The second-order valence-corrected chi connectivity index (χ2v) is 3.90. The van der Waals surface area contributed by atoms with Crippen molar-refractivity contribution in [2.75, 3.05) is 13.6 Å². The molecule has 0 aliphatic carbocycles. The van der Waals surface area contributed by atoms with E-state index in [4.69, 9.17) is 5.11 Å². The van der Waals surface area contributed by atoms with Crippen molar-refractivity contribution in [3.05, 3.63) is 0 Å². The van der Waals surface area contributed by atoms with E-state index in [0.29, 0.717) is 0 Å². The average Bonchev–Trinajstić information content (AvgIpc) is 1.86. The third-order valence-electron chi connectivity index (χ3n) is 2.44. The van der Waals surface area contributed by atoms with Crippen LogP contribution in [-0.2, 0) is 0 Å². The molecule has 1 N–H and O–H groups in total. The lowest BCUT2D eigenvalue weighted by molar-refractivity contribution is 0.0781. The third-order valence-corrected chi connectivity index (χ3v) is 2.44. The lowest BCUT2D eigenvalue weighted by Gasteiger charge is -2.35. The van der Waals surface area contributed by atoms with E-state index in [1.165, 1.54) is 0 Å². The molecule has 0 aliphatic heterocycles. The van der Waals surface area contributed by atoms with Crippen LogP contribution >= 0.6 is 0 Å². The SMILES string of the molecule is CCC(C)(C)N(C)CC(C)O. The van der Waals surface area contributed by atoms with Crippen molar-refractivity contribution >= 4 is 0 Å². The van der Waals surface area contributed by atoms with Gasteiger partial charge in [0.05, 0.1) is 6.10 Å². The van der Waals surface area contributed by atoms with Crippen LogP contribution in [0.3, 0.4) is 0 Å². The highest BCUT2D eigenvalue weighted by atomic mass is 16.3. The Hall–Kier alpha value is -0.0800. The number of aliphatic hydroxyl groups is 1. The minimum atomic E-state index is -0.231. The molecule has 2 nitrogen and oxygen atoms in total. The number of nitrogens with zero attached hydrogens (tertiary/aromatic N) is 1. The molecule has 0 heterocycles. The predicted molar refractivity (Wildman–Crippen MR) is 48.7 cm³/mol. The summed E-state index contributed by atoms with van der Waals surface area (Å²) in [6.45, 7) is 9.12. The van der Waals surface area contributed by atoms with Gasteiger partial charge in [-0.3, -0.25) is 4.90 Å². The highest BCUT2D eigenvalue weighted by Crippen LogP contribution is 2.15. The first-order valence-corrected chi connectivity index (χ1v) is 4.29. The molecule has 0 rings (SSSR count). The second kappa shape index (κ2) is 4.07. The highest BCUT2D eigenvalue weighted by Gasteiger charge is 2.21. The van der Waals surface area contributed by atoms with E-state index in [9.17, 15) is 0 Å². The van der Waals surface area contributed by atoms with Gasteiger partial charge in [0.2, 0.25) is 0 Å².